The third kappa shape index (κ3) is 4.53. The van der Waals surface area contributed by atoms with Gasteiger partial charge in [-0.2, -0.15) is 0 Å². The van der Waals surface area contributed by atoms with Crippen LogP contribution in [-0.2, 0) is 0 Å². The van der Waals surface area contributed by atoms with Gasteiger partial charge in [0.15, 0.2) is 0 Å². The maximum absolute atomic E-state index is 6.76. The molecule has 3 heterocycles. The molecule has 5 heteroatoms. The number of nitrogens with zero attached hydrogens (tertiary/aromatic N) is 2. The van der Waals surface area contributed by atoms with Crippen molar-refractivity contribution in [1.82, 2.24) is 4.57 Å². The Morgan fingerprint density at radius 3 is 1.87 bits per heavy atom. The van der Waals surface area contributed by atoms with Gasteiger partial charge in [0.25, 0.3) is 6.71 Å². The highest BCUT2D eigenvalue weighted by Crippen LogP contribution is 2.43. The van der Waals surface area contributed by atoms with E-state index in [1.165, 1.54) is 32.4 Å². The summed E-state index contributed by atoms with van der Waals surface area (Å²) in [4.78, 5) is 2.35. The topological polar surface area (TPSA) is 26.6 Å². The molecule has 0 radical (unpaired) electrons. The van der Waals surface area contributed by atoms with Crippen molar-refractivity contribution in [2.75, 3.05) is 4.90 Å². The normalized spacial score (nSPS) is 12.6. The summed E-state index contributed by atoms with van der Waals surface area (Å²) in [5.41, 5.74) is 10.2. The second-order valence-corrected chi connectivity index (χ2v) is 14.5. The Morgan fingerprint density at radius 1 is 0.400 bits per heavy atom. The summed E-state index contributed by atoms with van der Waals surface area (Å²) in [6.45, 7) is -0.00934. The Bertz CT molecular complexity index is 3170. The fourth-order valence-electron chi connectivity index (χ4n) is 9.02. The fourth-order valence-corrected chi connectivity index (χ4v) is 9.02. The standard InChI is InChI=1S/C50H31BN2O2/c1-3-14-35(15-4-1)52(37-24-22-32-12-7-8-13-33(32)28-37)38-25-27-39-34(29-38)23-26-40-41-30-48-43(31-44(41)53(50(39)40)36-16-5-2-6-17-36)51-42-18-9-10-19-45(42)54-46-20-11-21-47(55-48)49(46)51/h1-31H. The van der Waals surface area contributed by atoms with Gasteiger partial charge in [0.05, 0.1) is 11.0 Å². The number of rotatable bonds is 4. The average Bonchev–Trinajstić information content (AvgIpc) is 3.57. The highest BCUT2D eigenvalue weighted by atomic mass is 16.5. The van der Waals surface area contributed by atoms with Crippen LogP contribution in [0.3, 0.4) is 0 Å². The number of hydrogen-bond donors (Lipinski definition) is 0. The van der Waals surface area contributed by atoms with Crippen LogP contribution in [0.1, 0.15) is 0 Å². The van der Waals surface area contributed by atoms with Crippen LogP contribution in [0.25, 0.3) is 49.0 Å². The van der Waals surface area contributed by atoms with Gasteiger partial charge < -0.3 is 18.9 Å². The second kappa shape index (κ2) is 11.6. The second-order valence-electron chi connectivity index (χ2n) is 14.5. The first kappa shape index (κ1) is 30.2. The van der Waals surface area contributed by atoms with Crippen molar-refractivity contribution in [2.24, 2.45) is 0 Å². The van der Waals surface area contributed by atoms with Crippen molar-refractivity contribution in [1.29, 1.82) is 0 Å². The summed E-state index contributed by atoms with van der Waals surface area (Å²) < 4.78 is 15.6. The predicted octanol–water partition coefficient (Wildman–Crippen LogP) is 11.3. The lowest BCUT2D eigenvalue weighted by Gasteiger charge is -2.32. The van der Waals surface area contributed by atoms with Crippen LogP contribution in [0.5, 0.6) is 23.0 Å². The van der Waals surface area contributed by atoms with E-state index < -0.39 is 0 Å². The van der Waals surface area contributed by atoms with E-state index in [9.17, 15) is 0 Å². The number of aromatic nitrogens is 1. The molecule has 0 N–H and O–H groups in total. The van der Waals surface area contributed by atoms with Crippen molar-refractivity contribution in [2.45, 2.75) is 0 Å². The lowest BCUT2D eigenvalue weighted by molar-refractivity contribution is 0.465. The molecule has 2 aliphatic rings. The lowest BCUT2D eigenvalue weighted by atomic mass is 9.35. The van der Waals surface area contributed by atoms with Crippen molar-refractivity contribution in [3.63, 3.8) is 0 Å². The van der Waals surface area contributed by atoms with Gasteiger partial charge in [0.2, 0.25) is 0 Å². The van der Waals surface area contributed by atoms with Gasteiger partial charge >= 0.3 is 0 Å². The fraction of sp³-hybridized carbons (Fsp3) is 0. The van der Waals surface area contributed by atoms with E-state index in [0.29, 0.717) is 0 Å². The largest absolute Gasteiger partial charge is 0.458 e. The first-order chi connectivity index (χ1) is 27.3. The molecule has 2 aliphatic heterocycles. The van der Waals surface area contributed by atoms with Crippen molar-refractivity contribution in [3.05, 3.63) is 188 Å². The molecule has 0 unspecified atom stereocenters. The Labute approximate surface area is 318 Å². The molecule has 0 fully saturated rings. The lowest BCUT2D eigenvalue weighted by Crippen LogP contribution is -2.57. The molecular weight excluding hydrogens is 671 g/mol. The minimum Gasteiger partial charge on any atom is -0.458 e. The molecule has 0 atom stereocenters. The van der Waals surface area contributed by atoms with Gasteiger partial charge in [-0.3, -0.25) is 0 Å². The molecule has 55 heavy (non-hydrogen) atoms. The van der Waals surface area contributed by atoms with E-state index in [1.807, 2.05) is 12.1 Å². The van der Waals surface area contributed by atoms with Crippen LogP contribution in [-0.4, -0.2) is 11.3 Å². The van der Waals surface area contributed by atoms with Crippen LogP contribution in [0, 0.1) is 0 Å². The van der Waals surface area contributed by atoms with Crippen LogP contribution < -0.4 is 30.8 Å². The summed E-state index contributed by atoms with van der Waals surface area (Å²) in [6, 6.07) is 67.2. The summed E-state index contributed by atoms with van der Waals surface area (Å²) in [5.74, 6) is 3.48. The number of para-hydroxylation sites is 3. The Morgan fingerprint density at radius 2 is 1.04 bits per heavy atom. The molecule has 4 nitrogen and oxygen atoms in total. The van der Waals surface area contributed by atoms with Gasteiger partial charge in [-0.1, -0.05) is 109 Å². The molecule has 0 saturated heterocycles. The first-order valence-corrected chi connectivity index (χ1v) is 18.8. The van der Waals surface area contributed by atoms with E-state index in [0.717, 1.165) is 73.0 Å². The SMILES string of the molecule is c1ccc(N(c2ccc3ccccc3c2)c2ccc3c(ccc4c5cc6c(cc5n(-c5ccccc5)c34)B3c4ccccc4Oc4cccc(c43)O6)c2)cc1. The minimum atomic E-state index is -0.00934. The molecule has 0 spiro atoms. The smallest absolute Gasteiger partial charge is 0.260 e. The van der Waals surface area contributed by atoms with E-state index in [1.54, 1.807) is 0 Å². The monoisotopic (exact) mass is 702 g/mol. The molecule has 0 bridgehead atoms. The number of anilines is 3. The van der Waals surface area contributed by atoms with E-state index in [4.69, 9.17) is 9.47 Å². The maximum Gasteiger partial charge on any atom is 0.260 e. The summed E-state index contributed by atoms with van der Waals surface area (Å²) in [6.07, 6.45) is 0. The molecule has 0 saturated carbocycles. The molecular formula is C50H31BN2O2. The quantitative estimate of drug-likeness (QED) is 0.171. The highest BCUT2D eigenvalue weighted by Gasteiger charge is 2.40. The summed E-state index contributed by atoms with van der Waals surface area (Å²) in [5, 5.41) is 7.15. The predicted molar refractivity (Wildman–Crippen MR) is 228 cm³/mol. The number of benzene rings is 9. The third-order valence-electron chi connectivity index (χ3n) is 11.4. The Balaban J connectivity index is 1.10. The van der Waals surface area contributed by atoms with Crippen LogP contribution in [0.15, 0.2) is 188 Å². The van der Waals surface area contributed by atoms with Crippen LogP contribution in [0.4, 0.5) is 17.1 Å². The molecule has 256 valence electrons. The van der Waals surface area contributed by atoms with Gasteiger partial charge in [-0.05, 0) is 106 Å². The first-order valence-electron chi connectivity index (χ1n) is 18.8. The molecule has 0 amide bonds. The molecule has 12 rings (SSSR count). The zero-order valence-corrected chi connectivity index (χ0v) is 29.7. The average molecular weight is 703 g/mol. The van der Waals surface area contributed by atoms with E-state index >= 15 is 0 Å². The van der Waals surface area contributed by atoms with Crippen molar-refractivity contribution < 1.29 is 9.47 Å². The van der Waals surface area contributed by atoms with Gasteiger partial charge in [0.1, 0.15) is 23.0 Å². The zero-order valence-electron chi connectivity index (χ0n) is 29.7. The van der Waals surface area contributed by atoms with E-state index in [2.05, 4.69) is 185 Å². The summed E-state index contributed by atoms with van der Waals surface area (Å²) >= 11 is 0. The van der Waals surface area contributed by atoms with E-state index in [-0.39, 0.29) is 6.71 Å². The number of hydrogen-bond acceptors (Lipinski definition) is 3. The molecule has 1 aromatic heterocycles. The van der Waals surface area contributed by atoms with Crippen molar-refractivity contribution >= 4 is 83.5 Å². The van der Waals surface area contributed by atoms with Crippen LogP contribution >= 0.6 is 0 Å². The van der Waals surface area contributed by atoms with Crippen molar-refractivity contribution in [3.8, 4) is 28.7 Å². The molecule has 10 aromatic rings. The minimum absolute atomic E-state index is 0.00934. The number of fused-ring (bicyclic) bond motifs is 10. The zero-order chi connectivity index (χ0) is 36.0. The van der Waals surface area contributed by atoms with Gasteiger partial charge in [-0.15, -0.1) is 0 Å². The molecule has 9 aromatic carbocycles. The number of ether oxygens (including phenoxy) is 2. The molecule has 0 aliphatic carbocycles. The summed E-state index contributed by atoms with van der Waals surface area (Å²) in [7, 11) is 0. The van der Waals surface area contributed by atoms with Gasteiger partial charge in [-0.25, -0.2) is 0 Å². The highest BCUT2D eigenvalue weighted by molar-refractivity contribution is 6.98. The van der Waals surface area contributed by atoms with Gasteiger partial charge in [0, 0.05) is 44.4 Å². The third-order valence-corrected chi connectivity index (χ3v) is 11.4. The Kier molecular flexibility index (Phi) is 6.40. The van der Waals surface area contributed by atoms with Crippen LogP contribution in [0.2, 0.25) is 0 Å². The Hall–Kier alpha value is -7.24. The maximum atomic E-state index is 6.76.